The molecule has 0 aliphatic carbocycles. The zero-order valence-electron chi connectivity index (χ0n) is 12.2. The van der Waals surface area contributed by atoms with Crippen LogP contribution < -0.4 is 5.43 Å². The number of hydrazone groups is 1. The van der Waals surface area contributed by atoms with Gasteiger partial charge in [0.25, 0.3) is 0 Å². The SMILES string of the molecule is N#C/C(=N\Nc1ccc(Cl)cc1Cl)c1nc(-c2ccccc2)cs1. The zero-order valence-corrected chi connectivity index (χ0v) is 14.5. The lowest BCUT2D eigenvalue weighted by atomic mass is 10.2. The highest BCUT2D eigenvalue weighted by Gasteiger charge is 2.10. The minimum Gasteiger partial charge on any atom is -0.276 e. The average molecular weight is 373 g/mol. The monoisotopic (exact) mass is 372 g/mol. The number of benzene rings is 2. The Hall–Kier alpha value is -2.39. The van der Waals surface area contributed by atoms with Crippen LogP contribution in [0.3, 0.4) is 0 Å². The maximum atomic E-state index is 9.34. The largest absolute Gasteiger partial charge is 0.276 e. The molecule has 24 heavy (non-hydrogen) atoms. The zero-order chi connectivity index (χ0) is 16.9. The lowest BCUT2D eigenvalue weighted by Gasteiger charge is -2.03. The van der Waals surface area contributed by atoms with E-state index in [9.17, 15) is 5.26 Å². The van der Waals surface area contributed by atoms with E-state index >= 15 is 0 Å². The fraction of sp³-hybridized carbons (Fsp3) is 0. The molecule has 2 aromatic carbocycles. The quantitative estimate of drug-likeness (QED) is 0.488. The summed E-state index contributed by atoms with van der Waals surface area (Å²) in [5, 5.41) is 16.8. The molecule has 0 bridgehead atoms. The summed E-state index contributed by atoms with van der Waals surface area (Å²) >= 11 is 13.3. The molecular weight excluding hydrogens is 363 g/mol. The van der Waals surface area contributed by atoms with E-state index in [1.54, 1.807) is 18.2 Å². The Morgan fingerprint density at radius 2 is 1.96 bits per heavy atom. The number of anilines is 1. The van der Waals surface area contributed by atoms with E-state index in [1.807, 2.05) is 35.7 Å². The van der Waals surface area contributed by atoms with Crippen molar-refractivity contribution in [3.8, 4) is 17.3 Å². The molecule has 7 heteroatoms. The predicted molar refractivity (Wildman–Crippen MR) is 99.8 cm³/mol. The van der Waals surface area contributed by atoms with Gasteiger partial charge in [-0.3, -0.25) is 5.43 Å². The molecule has 4 nitrogen and oxygen atoms in total. The summed E-state index contributed by atoms with van der Waals surface area (Å²) in [6.45, 7) is 0. The molecule has 0 atom stereocenters. The van der Waals surface area contributed by atoms with E-state index in [-0.39, 0.29) is 5.71 Å². The first-order valence-corrected chi connectivity index (χ1v) is 8.51. The van der Waals surface area contributed by atoms with Gasteiger partial charge in [0, 0.05) is 16.0 Å². The number of nitriles is 1. The molecule has 0 unspecified atom stereocenters. The number of halogens is 2. The first kappa shape index (κ1) is 16.5. The van der Waals surface area contributed by atoms with Gasteiger partial charge in [0.15, 0.2) is 10.7 Å². The molecule has 0 amide bonds. The molecule has 1 aromatic heterocycles. The molecule has 1 heterocycles. The lowest BCUT2D eigenvalue weighted by Crippen LogP contribution is -2.01. The fourth-order valence-corrected chi connectivity index (χ4v) is 3.16. The minimum atomic E-state index is 0.188. The van der Waals surface area contributed by atoms with Crippen LogP contribution in [0.25, 0.3) is 11.3 Å². The molecule has 0 fully saturated rings. The van der Waals surface area contributed by atoms with E-state index in [2.05, 4.69) is 21.6 Å². The summed E-state index contributed by atoms with van der Waals surface area (Å²) in [5.41, 5.74) is 5.33. The fourth-order valence-electron chi connectivity index (χ4n) is 1.94. The number of nitrogens with zero attached hydrogens (tertiary/aromatic N) is 3. The highest BCUT2D eigenvalue weighted by molar-refractivity contribution is 7.12. The summed E-state index contributed by atoms with van der Waals surface area (Å²) in [4.78, 5) is 4.47. The van der Waals surface area contributed by atoms with Crippen molar-refractivity contribution in [2.45, 2.75) is 0 Å². The predicted octanol–water partition coefficient (Wildman–Crippen LogP) is 5.46. The van der Waals surface area contributed by atoms with Gasteiger partial charge in [0.05, 0.1) is 16.4 Å². The van der Waals surface area contributed by atoms with Crippen LogP contribution >= 0.6 is 34.5 Å². The standard InChI is InChI=1S/C17H10Cl2N4S/c18-12-6-7-14(13(19)8-12)22-23-15(9-20)17-21-16(10-24-17)11-4-2-1-3-5-11/h1-8,10,22H/b23-15+. The van der Waals surface area contributed by atoms with Crippen molar-refractivity contribution in [2.75, 3.05) is 5.43 Å². The van der Waals surface area contributed by atoms with Gasteiger partial charge >= 0.3 is 0 Å². The molecule has 118 valence electrons. The van der Waals surface area contributed by atoms with Gasteiger partial charge in [-0.2, -0.15) is 10.4 Å². The summed E-state index contributed by atoms with van der Waals surface area (Å²) in [6, 6.07) is 16.8. The lowest BCUT2D eigenvalue weighted by molar-refractivity contribution is 1.31. The normalized spacial score (nSPS) is 11.1. The number of nitrogens with one attached hydrogen (secondary N) is 1. The second-order valence-electron chi connectivity index (χ2n) is 4.71. The van der Waals surface area contributed by atoms with Crippen LogP contribution in [-0.2, 0) is 0 Å². The van der Waals surface area contributed by atoms with Gasteiger partial charge in [0.1, 0.15) is 6.07 Å². The molecule has 0 spiro atoms. The first-order valence-electron chi connectivity index (χ1n) is 6.87. The van der Waals surface area contributed by atoms with E-state index in [1.165, 1.54) is 11.3 Å². The van der Waals surface area contributed by atoms with Gasteiger partial charge < -0.3 is 0 Å². The Morgan fingerprint density at radius 3 is 2.67 bits per heavy atom. The van der Waals surface area contributed by atoms with Crippen molar-refractivity contribution in [2.24, 2.45) is 5.10 Å². The molecule has 3 aromatic rings. The van der Waals surface area contributed by atoms with E-state index < -0.39 is 0 Å². The Kier molecular flexibility index (Phi) is 5.11. The number of thiazole rings is 1. The highest BCUT2D eigenvalue weighted by atomic mass is 35.5. The van der Waals surface area contributed by atoms with Crippen molar-refractivity contribution < 1.29 is 0 Å². The summed E-state index contributed by atoms with van der Waals surface area (Å²) < 4.78 is 0. The minimum absolute atomic E-state index is 0.188. The van der Waals surface area contributed by atoms with Crippen molar-refractivity contribution in [3.63, 3.8) is 0 Å². The number of aromatic nitrogens is 1. The topological polar surface area (TPSA) is 61.1 Å². The maximum Gasteiger partial charge on any atom is 0.196 e. The third-order valence-corrected chi connectivity index (χ3v) is 4.50. The van der Waals surface area contributed by atoms with E-state index in [4.69, 9.17) is 23.2 Å². The van der Waals surface area contributed by atoms with Crippen molar-refractivity contribution >= 4 is 45.9 Å². The van der Waals surface area contributed by atoms with Crippen LogP contribution in [0.15, 0.2) is 59.0 Å². The van der Waals surface area contributed by atoms with Gasteiger partial charge in [-0.25, -0.2) is 4.98 Å². The second kappa shape index (κ2) is 7.45. The Balaban J connectivity index is 1.84. The number of hydrogen-bond donors (Lipinski definition) is 1. The van der Waals surface area contributed by atoms with Crippen LogP contribution in [-0.4, -0.2) is 10.7 Å². The molecule has 0 aliphatic rings. The molecule has 0 saturated heterocycles. The smallest absolute Gasteiger partial charge is 0.196 e. The van der Waals surface area contributed by atoms with Gasteiger partial charge in [-0.1, -0.05) is 53.5 Å². The van der Waals surface area contributed by atoms with Crippen LogP contribution in [0.5, 0.6) is 0 Å². The van der Waals surface area contributed by atoms with E-state index in [0.29, 0.717) is 20.7 Å². The van der Waals surface area contributed by atoms with Gasteiger partial charge in [0.2, 0.25) is 0 Å². The second-order valence-corrected chi connectivity index (χ2v) is 6.41. The third kappa shape index (κ3) is 3.74. The molecule has 3 rings (SSSR count). The molecule has 0 aliphatic heterocycles. The summed E-state index contributed by atoms with van der Waals surface area (Å²) in [7, 11) is 0. The van der Waals surface area contributed by atoms with Gasteiger partial charge in [-0.15, -0.1) is 11.3 Å². The maximum absolute atomic E-state index is 9.34. The Bertz CT molecular complexity index is 929. The molecular formula is C17H10Cl2N4S. The van der Waals surface area contributed by atoms with Crippen LogP contribution in [0, 0.1) is 11.3 Å². The van der Waals surface area contributed by atoms with Crippen LogP contribution in [0.2, 0.25) is 10.0 Å². The van der Waals surface area contributed by atoms with Crippen LogP contribution in [0.1, 0.15) is 5.01 Å². The highest BCUT2D eigenvalue weighted by Crippen LogP contribution is 2.26. The average Bonchev–Trinajstić information content (AvgIpc) is 3.08. The van der Waals surface area contributed by atoms with Crippen molar-refractivity contribution in [3.05, 3.63) is 69.0 Å². The Labute approximate surface area is 153 Å². The number of hydrogen-bond acceptors (Lipinski definition) is 5. The summed E-state index contributed by atoms with van der Waals surface area (Å²) in [6.07, 6.45) is 0. The molecule has 0 saturated carbocycles. The van der Waals surface area contributed by atoms with Crippen molar-refractivity contribution in [1.82, 2.24) is 4.98 Å². The third-order valence-electron chi connectivity index (χ3n) is 3.10. The van der Waals surface area contributed by atoms with E-state index in [0.717, 1.165) is 11.3 Å². The van der Waals surface area contributed by atoms with Crippen LogP contribution in [0.4, 0.5) is 5.69 Å². The molecule has 1 N–H and O–H groups in total. The molecule has 0 radical (unpaired) electrons. The Morgan fingerprint density at radius 1 is 1.17 bits per heavy atom. The first-order chi connectivity index (χ1) is 11.7. The summed E-state index contributed by atoms with van der Waals surface area (Å²) in [5.74, 6) is 0. The number of rotatable bonds is 4. The van der Waals surface area contributed by atoms with Crippen molar-refractivity contribution in [1.29, 1.82) is 5.26 Å². The van der Waals surface area contributed by atoms with Gasteiger partial charge in [-0.05, 0) is 18.2 Å².